The summed E-state index contributed by atoms with van der Waals surface area (Å²) >= 11 is 0. The zero-order valence-electron chi connectivity index (χ0n) is 12.5. The minimum Gasteiger partial charge on any atom is -0.355 e. The van der Waals surface area contributed by atoms with Crippen molar-refractivity contribution in [1.82, 2.24) is 10.6 Å². The zero-order valence-corrected chi connectivity index (χ0v) is 12.5. The van der Waals surface area contributed by atoms with Gasteiger partial charge in [0.1, 0.15) is 0 Å². The summed E-state index contributed by atoms with van der Waals surface area (Å²) < 4.78 is 0. The maximum Gasteiger partial charge on any atom is 0.236 e. The molecular weight excluding hydrogens is 224 g/mol. The Morgan fingerprint density at radius 1 is 1.17 bits per heavy atom. The van der Waals surface area contributed by atoms with E-state index in [0.29, 0.717) is 12.0 Å². The second kappa shape index (κ2) is 7.78. The molecule has 0 heterocycles. The molecule has 1 aliphatic rings. The standard InChI is InChI=1S/C15H30N2O/c1-11(2)9-10-16-15(18)13(4)17-12(3)14-7-5-6-8-14/h11-14,17H,5-10H2,1-4H3,(H,16,18). The summed E-state index contributed by atoms with van der Waals surface area (Å²) in [4.78, 5) is 11.9. The predicted octanol–water partition coefficient (Wildman–Crippen LogP) is 2.71. The van der Waals surface area contributed by atoms with Gasteiger partial charge in [-0.15, -0.1) is 0 Å². The molecule has 18 heavy (non-hydrogen) atoms. The second-order valence-corrected chi connectivity index (χ2v) is 6.20. The molecule has 1 fully saturated rings. The van der Waals surface area contributed by atoms with Crippen LogP contribution in [0.5, 0.6) is 0 Å². The average molecular weight is 254 g/mol. The van der Waals surface area contributed by atoms with Crippen LogP contribution in [-0.2, 0) is 4.79 Å². The Morgan fingerprint density at radius 3 is 2.33 bits per heavy atom. The lowest BCUT2D eigenvalue weighted by Gasteiger charge is -2.24. The molecule has 1 rings (SSSR count). The van der Waals surface area contributed by atoms with E-state index < -0.39 is 0 Å². The highest BCUT2D eigenvalue weighted by atomic mass is 16.2. The molecule has 0 bridgehead atoms. The molecule has 0 radical (unpaired) electrons. The summed E-state index contributed by atoms with van der Waals surface area (Å²) in [7, 11) is 0. The second-order valence-electron chi connectivity index (χ2n) is 6.20. The van der Waals surface area contributed by atoms with Crippen molar-refractivity contribution in [3.8, 4) is 0 Å². The number of hydrogen-bond acceptors (Lipinski definition) is 2. The maximum atomic E-state index is 11.9. The van der Waals surface area contributed by atoms with Crippen LogP contribution in [0.2, 0.25) is 0 Å². The molecule has 0 aromatic rings. The van der Waals surface area contributed by atoms with Crippen LogP contribution in [0, 0.1) is 11.8 Å². The Balaban J connectivity index is 2.21. The van der Waals surface area contributed by atoms with Crippen molar-refractivity contribution < 1.29 is 4.79 Å². The van der Waals surface area contributed by atoms with Gasteiger partial charge in [0.25, 0.3) is 0 Å². The predicted molar refractivity (Wildman–Crippen MR) is 76.5 cm³/mol. The van der Waals surface area contributed by atoms with Gasteiger partial charge in [-0.3, -0.25) is 4.79 Å². The fourth-order valence-electron chi connectivity index (χ4n) is 2.70. The van der Waals surface area contributed by atoms with E-state index in [1.165, 1.54) is 25.7 Å². The molecule has 0 aliphatic heterocycles. The largest absolute Gasteiger partial charge is 0.355 e. The summed E-state index contributed by atoms with van der Waals surface area (Å²) in [6.07, 6.45) is 6.39. The van der Waals surface area contributed by atoms with Crippen LogP contribution in [0.3, 0.4) is 0 Å². The Labute approximate surface area is 112 Å². The normalized spacial score (nSPS) is 20.1. The quantitative estimate of drug-likeness (QED) is 0.733. The van der Waals surface area contributed by atoms with Gasteiger partial charge in [-0.1, -0.05) is 26.7 Å². The topological polar surface area (TPSA) is 41.1 Å². The maximum absolute atomic E-state index is 11.9. The minimum absolute atomic E-state index is 0.0761. The lowest BCUT2D eigenvalue weighted by molar-refractivity contribution is -0.123. The smallest absolute Gasteiger partial charge is 0.236 e. The fourth-order valence-corrected chi connectivity index (χ4v) is 2.70. The molecule has 2 unspecified atom stereocenters. The Hall–Kier alpha value is -0.570. The average Bonchev–Trinajstić information content (AvgIpc) is 2.81. The van der Waals surface area contributed by atoms with E-state index in [2.05, 4.69) is 31.4 Å². The first kappa shape index (κ1) is 15.5. The van der Waals surface area contributed by atoms with Crippen LogP contribution in [0.15, 0.2) is 0 Å². The lowest BCUT2D eigenvalue weighted by Crippen LogP contribution is -2.47. The summed E-state index contributed by atoms with van der Waals surface area (Å²) in [5, 5.41) is 6.46. The van der Waals surface area contributed by atoms with E-state index in [-0.39, 0.29) is 11.9 Å². The molecule has 3 nitrogen and oxygen atoms in total. The number of rotatable bonds is 7. The number of hydrogen-bond donors (Lipinski definition) is 2. The Morgan fingerprint density at radius 2 is 1.78 bits per heavy atom. The number of nitrogens with one attached hydrogen (secondary N) is 2. The van der Waals surface area contributed by atoms with Gasteiger partial charge in [0.15, 0.2) is 0 Å². The van der Waals surface area contributed by atoms with E-state index in [1.807, 2.05) is 6.92 Å². The van der Waals surface area contributed by atoms with Crippen LogP contribution in [0.1, 0.15) is 59.8 Å². The van der Waals surface area contributed by atoms with Crippen LogP contribution in [0.25, 0.3) is 0 Å². The molecule has 1 saturated carbocycles. The van der Waals surface area contributed by atoms with Crippen molar-refractivity contribution in [2.24, 2.45) is 11.8 Å². The third-order valence-electron chi connectivity index (χ3n) is 4.03. The number of amides is 1. The van der Waals surface area contributed by atoms with Gasteiger partial charge in [0.2, 0.25) is 5.91 Å². The minimum atomic E-state index is -0.0761. The van der Waals surface area contributed by atoms with Crippen LogP contribution in [-0.4, -0.2) is 24.5 Å². The van der Waals surface area contributed by atoms with Gasteiger partial charge in [-0.25, -0.2) is 0 Å². The van der Waals surface area contributed by atoms with Gasteiger partial charge >= 0.3 is 0 Å². The third kappa shape index (κ3) is 5.38. The number of carbonyl (C=O) groups is 1. The number of carbonyl (C=O) groups excluding carboxylic acids is 1. The molecule has 3 heteroatoms. The van der Waals surface area contributed by atoms with Crippen LogP contribution < -0.4 is 10.6 Å². The molecule has 0 aromatic heterocycles. The Kier molecular flexibility index (Phi) is 6.69. The lowest BCUT2D eigenvalue weighted by atomic mass is 9.99. The molecule has 0 saturated heterocycles. The molecule has 2 atom stereocenters. The fraction of sp³-hybridized carbons (Fsp3) is 0.933. The molecule has 1 aliphatic carbocycles. The van der Waals surface area contributed by atoms with Crippen molar-refractivity contribution in [3.63, 3.8) is 0 Å². The van der Waals surface area contributed by atoms with E-state index in [9.17, 15) is 4.79 Å². The van der Waals surface area contributed by atoms with Gasteiger partial charge < -0.3 is 10.6 Å². The van der Waals surface area contributed by atoms with Crippen molar-refractivity contribution in [3.05, 3.63) is 0 Å². The van der Waals surface area contributed by atoms with Gasteiger partial charge in [0.05, 0.1) is 6.04 Å². The van der Waals surface area contributed by atoms with Crippen molar-refractivity contribution in [2.75, 3.05) is 6.54 Å². The molecule has 0 spiro atoms. The van der Waals surface area contributed by atoms with Gasteiger partial charge in [0, 0.05) is 12.6 Å². The summed E-state index contributed by atoms with van der Waals surface area (Å²) in [6.45, 7) is 9.33. The van der Waals surface area contributed by atoms with E-state index in [1.54, 1.807) is 0 Å². The van der Waals surface area contributed by atoms with Crippen molar-refractivity contribution in [1.29, 1.82) is 0 Å². The highest BCUT2D eigenvalue weighted by Gasteiger charge is 2.24. The summed E-state index contributed by atoms with van der Waals surface area (Å²) in [5.74, 6) is 1.54. The highest BCUT2D eigenvalue weighted by Crippen LogP contribution is 2.27. The molecular formula is C15H30N2O. The van der Waals surface area contributed by atoms with Crippen LogP contribution in [0.4, 0.5) is 0 Å². The zero-order chi connectivity index (χ0) is 13.5. The monoisotopic (exact) mass is 254 g/mol. The molecule has 106 valence electrons. The molecule has 2 N–H and O–H groups in total. The SMILES string of the molecule is CC(C)CCNC(=O)C(C)NC(C)C1CCCC1. The first-order valence-corrected chi connectivity index (χ1v) is 7.54. The molecule has 1 amide bonds. The first-order valence-electron chi connectivity index (χ1n) is 7.54. The van der Waals surface area contributed by atoms with E-state index in [0.717, 1.165) is 18.9 Å². The summed E-state index contributed by atoms with van der Waals surface area (Å²) in [6, 6.07) is 0.381. The van der Waals surface area contributed by atoms with Gasteiger partial charge in [-0.05, 0) is 44.9 Å². The van der Waals surface area contributed by atoms with Crippen molar-refractivity contribution in [2.45, 2.75) is 71.9 Å². The van der Waals surface area contributed by atoms with E-state index in [4.69, 9.17) is 0 Å². The Bertz CT molecular complexity index is 247. The first-order chi connectivity index (χ1) is 8.50. The van der Waals surface area contributed by atoms with Gasteiger partial charge in [-0.2, -0.15) is 0 Å². The van der Waals surface area contributed by atoms with Crippen molar-refractivity contribution >= 4 is 5.91 Å². The van der Waals surface area contributed by atoms with E-state index >= 15 is 0 Å². The molecule has 0 aromatic carbocycles. The van der Waals surface area contributed by atoms with Crippen LogP contribution >= 0.6 is 0 Å². The third-order valence-corrected chi connectivity index (χ3v) is 4.03. The summed E-state index contributed by atoms with van der Waals surface area (Å²) in [5.41, 5.74) is 0. The highest BCUT2D eigenvalue weighted by molar-refractivity contribution is 5.81.